The monoisotopic (exact) mass is 293 g/mol. The van der Waals surface area contributed by atoms with E-state index in [0.717, 1.165) is 0 Å². The van der Waals surface area contributed by atoms with Crippen molar-refractivity contribution in [2.45, 2.75) is 43.6 Å². The minimum Gasteiger partial charge on any atom is -0.497 e. The van der Waals surface area contributed by atoms with Gasteiger partial charge in [-0.15, -0.1) is 0 Å². The Labute approximate surface area is 145 Å². The van der Waals surface area contributed by atoms with Crippen molar-refractivity contribution >= 4 is 0 Å². The molecule has 1 N–H and O–H groups in total. The molecule has 1 aliphatic carbocycles. The minimum absolute atomic E-state index is 0.219. The van der Waals surface area contributed by atoms with Crippen LogP contribution in [0.2, 0.25) is 0 Å². The number of aliphatic hydroxyl groups is 1. The van der Waals surface area contributed by atoms with Crippen molar-refractivity contribution in [2.24, 2.45) is 0 Å². The van der Waals surface area contributed by atoms with Gasteiger partial charge in [0.15, 0.2) is 0 Å². The van der Waals surface area contributed by atoms with E-state index in [9.17, 15) is 6.48 Å². The summed E-state index contributed by atoms with van der Waals surface area (Å²) in [5.74, 6) is -4.43. The second kappa shape index (κ2) is 6.59. The second-order valence-corrected chi connectivity index (χ2v) is 4.72. The van der Waals surface area contributed by atoms with Crippen LogP contribution in [0.3, 0.4) is 0 Å². The molecule has 0 bridgehead atoms. The Balaban J connectivity index is 3.06. The van der Waals surface area contributed by atoms with Gasteiger partial charge in [-0.3, -0.25) is 0 Å². The van der Waals surface area contributed by atoms with E-state index in [1.165, 1.54) is 0 Å². The summed E-state index contributed by atoms with van der Waals surface area (Å²) in [6.07, 6.45) is 0.315. The molecular formula is C17H27NO2. The summed E-state index contributed by atoms with van der Waals surface area (Å²) in [6, 6.07) is -4.60. The zero-order valence-electron chi connectivity index (χ0n) is 26.8. The van der Waals surface area contributed by atoms with Gasteiger partial charge in [-0.1, -0.05) is 31.3 Å². The molecule has 1 atom stereocenters. The second-order valence-electron chi connectivity index (χ2n) is 4.72. The van der Waals surface area contributed by atoms with E-state index >= 15 is 0 Å². The summed E-state index contributed by atoms with van der Waals surface area (Å²) in [5, 5.41) is 11.6. The zero-order chi connectivity index (χ0) is 28.3. The Morgan fingerprint density at radius 1 is 1.40 bits per heavy atom. The van der Waals surface area contributed by atoms with E-state index in [-0.39, 0.29) is 25.7 Å². The molecule has 1 aromatic carbocycles. The third-order valence-corrected chi connectivity index (χ3v) is 3.32. The van der Waals surface area contributed by atoms with Gasteiger partial charge in [0.05, 0.1) is 22.2 Å². The quantitative estimate of drug-likeness (QED) is 0.906. The first-order valence-corrected chi connectivity index (χ1v) is 6.26. The maximum atomic E-state index is 11.6. The number of benzene rings is 1. The lowest BCUT2D eigenvalue weighted by molar-refractivity contribution is -0.0277. The van der Waals surface area contributed by atoms with Gasteiger partial charge < -0.3 is 14.7 Å². The molecule has 20 heavy (non-hydrogen) atoms. The normalized spacial score (nSPS) is 35.7. The van der Waals surface area contributed by atoms with Gasteiger partial charge in [-0.05, 0) is 44.4 Å². The van der Waals surface area contributed by atoms with Crippen LogP contribution in [-0.2, 0) is 0 Å². The third-order valence-electron chi connectivity index (χ3n) is 3.32. The maximum Gasteiger partial charge on any atom is 0.118 e. The fourth-order valence-electron chi connectivity index (χ4n) is 2.37. The molecule has 2 rings (SSSR count). The molecule has 0 spiro atoms. The number of hydrogen-bond acceptors (Lipinski definition) is 3. The van der Waals surface area contributed by atoms with Crippen molar-refractivity contribution in [3.8, 4) is 5.75 Å². The van der Waals surface area contributed by atoms with Crippen LogP contribution in [0.4, 0.5) is 0 Å². The predicted molar refractivity (Wildman–Crippen MR) is 82.3 cm³/mol. The highest BCUT2D eigenvalue weighted by Gasteiger charge is 2.38. The molecule has 1 aromatic rings. The molecule has 0 aliphatic heterocycles. The summed E-state index contributed by atoms with van der Waals surface area (Å²) in [7, 11) is -3.19. The predicted octanol–water partition coefficient (Wildman–Crippen LogP) is 3.04. The van der Waals surface area contributed by atoms with Crippen LogP contribution >= 0.6 is 0 Å². The molecule has 0 heterocycles. The van der Waals surface area contributed by atoms with Gasteiger partial charge in [0.2, 0.25) is 0 Å². The molecule has 3 nitrogen and oxygen atoms in total. The van der Waals surface area contributed by atoms with Gasteiger partial charge in [0.25, 0.3) is 0 Å². The van der Waals surface area contributed by atoms with Crippen molar-refractivity contribution in [3.05, 3.63) is 29.7 Å². The first-order valence-electron chi connectivity index (χ1n) is 14.3. The fourth-order valence-corrected chi connectivity index (χ4v) is 2.37. The molecule has 3 heteroatoms. The first kappa shape index (κ1) is 4.72. The average molecular weight is 294 g/mol. The number of hydrogen-bond donors (Lipinski definition) is 1. The lowest BCUT2D eigenvalue weighted by atomic mass is 9.72. The van der Waals surface area contributed by atoms with Crippen molar-refractivity contribution in [2.75, 3.05) is 27.5 Å². The lowest BCUT2D eigenvalue weighted by Gasteiger charge is -2.40. The van der Waals surface area contributed by atoms with Crippen molar-refractivity contribution < 1.29 is 31.8 Å². The molecule has 0 unspecified atom stereocenters. The van der Waals surface area contributed by atoms with Crippen LogP contribution in [0.25, 0.3) is 0 Å². The van der Waals surface area contributed by atoms with Gasteiger partial charge in [0.1, 0.15) is 5.75 Å². The van der Waals surface area contributed by atoms with Gasteiger partial charge in [0, 0.05) is 24.7 Å². The standard InChI is InChI=1S/C17H27NO2/c1-18(2)13-16(17(19)11-5-4-6-12-17)14-7-9-15(20-3)10-8-14/h7-10,16,19H,4-6,11-13H2,1-3H3/t16-/m1/s1/i1D3,2D3,3D3,7D,8D,9D,10D,13D2,16D. The molecule has 0 saturated heterocycles. The summed E-state index contributed by atoms with van der Waals surface area (Å²) < 4.78 is 132. The summed E-state index contributed by atoms with van der Waals surface area (Å²) in [5.41, 5.74) is -3.65. The molecule has 1 aliphatic rings. The molecule has 0 aromatic heterocycles. The van der Waals surface area contributed by atoms with Crippen molar-refractivity contribution in [1.29, 1.82) is 0 Å². The summed E-state index contributed by atoms with van der Waals surface area (Å²) in [4.78, 5) is -0.564. The van der Waals surface area contributed by atoms with Crippen LogP contribution in [0.5, 0.6) is 5.75 Å². The number of ether oxygens (including phenoxy) is 1. The van der Waals surface area contributed by atoms with E-state index in [0.29, 0.717) is 6.42 Å². The highest BCUT2D eigenvalue weighted by atomic mass is 16.5. The van der Waals surface area contributed by atoms with Crippen LogP contribution in [0.15, 0.2) is 24.2 Å². The fraction of sp³-hybridized carbons (Fsp3) is 0.647. The van der Waals surface area contributed by atoms with E-state index in [4.69, 9.17) is 20.6 Å². The Hall–Kier alpha value is -1.06. The number of methoxy groups -OCH3 is 1. The highest BCUT2D eigenvalue weighted by molar-refractivity contribution is 5.31. The lowest BCUT2D eigenvalue weighted by Crippen LogP contribution is -2.42. The van der Waals surface area contributed by atoms with Gasteiger partial charge in [-0.2, -0.15) is 0 Å². The van der Waals surface area contributed by atoms with Crippen LogP contribution in [0.1, 0.15) is 65.5 Å². The molecular weight excluding hydrogens is 250 g/mol. The highest BCUT2D eigenvalue weighted by Crippen LogP contribution is 2.40. The van der Waals surface area contributed by atoms with Crippen molar-refractivity contribution in [3.63, 3.8) is 0 Å². The molecule has 1 fully saturated rings. The maximum absolute atomic E-state index is 11.6. The SMILES string of the molecule is [2H]c1c([2H])c([C@]([2H])(C2(O)CCCCC2)C([2H])([2H])N(C([2H])([2H])[2H])C([2H])([2H])[2H])c([2H])c([2H])c1OC([2H])([2H])[2H]. The summed E-state index contributed by atoms with van der Waals surface area (Å²) in [6.45, 7) is -11.2. The smallest absolute Gasteiger partial charge is 0.118 e. The molecule has 1 saturated carbocycles. The topological polar surface area (TPSA) is 32.7 Å². The van der Waals surface area contributed by atoms with E-state index < -0.39 is 79.4 Å². The number of likely N-dealkylation sites (N-methyl/N-ethyl adjacent to an activating group) is 1. The van der Waals surface area contributed by atoms with Gasteiger partial charge >= 0.3 is 0 Å². The van der Waals surface area contributed by atoms with E-state index in [2.05, 4.69) is 4.74 Å². The van der Waals surface area contributed by atoms with Crippen LogP contribution in [0, 0.1) is 0 Å². The Kier molecular flexibility index (Phi) is 1.56. The molecule has 0 radical (unpaired) electrons. The Morgan fingerprint density at radius 3 is 2.70 bits per heavy atom. The first-order chi connectivity index (χ1) is 15.9. The Morgan fingerprint density at radius 2 is 2.10 bits per heavy atom. The largest absolute Gasteiger partial charge is 0.497 e. The molecule has 0 amide bonds. The average Bonchev–Trinajstić information content (AvgIpc) is 2.66. The third kappa shape index (κ3) is 3.53. The number of rotatable bonds is 5. The van der Waals surface area contributed by atoms with Crippen LogP contribution < -0.4 is 4.74 Å². The van der Waals surface area contributed by atoms with E-state index in [1.54, 1.807) is 0 Å². The zero-order valence-corrected chi connectivity index (χ0v) is 10.8. The van der Waals surface area contributed by atoms with Crippen molar-refractivity contribution in [1.82, 2.24) is 4.90 Å². The minimum atomic E-state index is -3.83. The summed E-state index contributed by atoms with van der Waals surface area (Å²) >= 11 is 0. The van der Waals surface area contributed by atoms with Crippen LogP contribution in [-0.4, -0.2) is 43.1 Å². The number of nitrogens with zero attached hydrogens (tertiary/aromatic N) is 1. The Bertz CT molecular complexity index is 936. The molecule has 112 valence electrons. The van der Waals surface area contributed by atoms with E-state index in [1.807, 2.05) is 0 Å². The van der Waals surface area contributed by atoms with Gasteiger partial charge in [-0.25, -0.2) is 0 Å².